The zero-order valence-electron chi connectivity index (χ0n) is 9.21. The van der Waals surface area contributed by atoms with Crippen LogP contribution in [0.1, 0.15) is 36.9 Å². The highest BCUT2D eigenvalue weighted by molar-refractivity contribution is 5.37. The van der Waals surface area contributed by atoms with Gasteiger partial charge in [0.1, 0.15) is 5.75 Å². The normalized spacial score (nSPS) is 12.6. The summed E-state index contributed by atoms with van der Waals surface area (Å²) in [7, 11) is 1.69. The third kappa shape index (κ3) is 2.48. The highest BCUT2D eigenvalue weighted by Gasteiger charge is 2.07. The molecule has 0 aliphatic carbocycles. The number of benzene rings is 1. The third-order valence-corrected chi connectivity index (χ3v) is 2.46. The molecule has 0 unspecified atom stereocenters. The molecule has 2 heteroatoms. The minimum atomic E-state index is 0.134. The smallest absolute Gasteiger partial charge is 0.122 e. The first kappa shape index (κ1) is 11.1. The second-order valence-electron chi connectivity index (χ2n) is 3.62. The minimum Gasteiger partial charge on any atom is -0.496 e. The molecule has 0 heterocycles. The highest BCUT2D eigenvalue weighted by Crippen LogP contribution is 2.23. The molecule has 0 radical (unpaired) electrons. The van der Waals surface area contributed by atoms with E-state index < -0.39 is 0 Å². The molecule has 0 spiro atoms. The van der Waals surface area contributed by atoms with E-state index in [4.69, 9.17) is 10.5 Å². The number of methoxy groups -OCH3 is 1. The standard InChI is InChI=1S/C12H19NO/c1-4-5-11(13)10-7-6-9(2)12(8-10)14-3/h6-8,11H,4-5,13H2,1-3H3/t11-/m1/s1. The molecule has 14 heavy (non-hydrogen) atoms. The number of hydrogen-bond acceptors (Lipinski definition) is 2. The molecule has 0 aliphatic heterocycles. The fraction of sp³-hybridized carbons (Fsp3) is 0.500. The molecule has 2 nitrogen and oxygen atoms in total. The zero-order valence-corrected chi connectivity index (χ0v) is 9.21. The van der Waals surface area contributed by atoms with E-state index in [-0.39, 0.29) is 6.04 Å². The van der Waals surface area contributed by atoms with Gasteiger partial charge in [-0.2, -0.15) is 0 Å². The van der Waals surface area contributed by atoms with Gasteiger partial charge in [-0.1, -0.05) is 25.5 Å². The molecule has 0 saturated carbocycles. The summed E-state index contributed by atoms with van der Waals surface area (Å²) in [5.41, 5.74) is 8.34. The quantitative estimate of drug-likeness (QED) is 0.798. The molecule has 78 valence electrons. The van der Waals surface area contributed by atoms with E-state index in [2.05, 4.69) is 19.1 Å². The summed E-state index contributed by atoms with van der Waals surface area (Å²) in [6.45, 7) is 4.18. The largest absolute Gasteiger partial charge is 0.496 e. The summed E-state index contributed by atoms with van der Waals surface area (Å²) in [5.74, 6) is 0.925. The average Bonchev–Trinajstić information content (AvgIpc) is 2.19. The first-order valence-corrected chi connectivity index (χ1v) is 5.09. The number of aryl methyl sites for hydroxylation is 1. The predicted molar refractivity (Wildman–Crippen MR) is 59.6 cm³/mol. The van der Waals surface area contributed by atoms with Crippen molar-refractivity contribution in [2.24, 2.45) is 5.73 Å². The van der Waals surface area contributed by atoms with Crippen LogP contribution < -0.4 is 10.5 Å². The Bertz CT molecular complexity index is 296. The molecule has 1 aromatic carbocycles. The van der Waals surface area contributed by atoms with Crippen molar-refractivity contribution in [2.75, 3.05) is 7.11 Å². The molecule has 0 aliphatic rings. The second kappa shape index (κ2) is 5.01. The van der Waals surface area contributed by atoms with Crippen molar-refractivity contribution in [1.29, 1.82) is 0 Å². The van der Waals surface area contributed by atoms with Crippen LogP contribution in [0.4, 0.5) is 0 Å². The van der Waals surface area contributed by atoms with Crippen molar-refractivity contribution in [3.63, 3.8) is 0 Å². The number of rotatable bonds is 4. The summed E-state index contributed by atoms with van der Waals surface area (Å²) in [6.07, 6.45) is 2.13. The van der Waals surface area contributed by atoms with Crippen LogP contribution in [0.2, 0.25) is 0 Å². The van der Waals surface area contributed by atoms with Gasteiger partial charge in [-0.3, -0.25) is 0 Å². The molecule has 0 aromatic heterocycles. The van der Waals surface area contributed by atoms with Crippen molar-refractivity contribution in [1.82, 2.24) is 0 Å². The lowest BCUT2D eigenvalue weighted by Crippen LogP contribution is -2.09. The SMILES string of the molecule is CCC[C@@H](N)c1ccc(C)c(OC)c1. The van der Waals surface area contributed by atoms with E-state index in [0.717, 1.165) is 29.7 Å². The lowest BCUT2D eigenvalue weighted by molar-refractivity contribution is 0.410. The van der Waals surface area contributed by atoms with Crippen molar-refractivity contribution in [3.05, 3.63) is 29.3 Å². The topological polar surface area (TPSA) is 35.2 Å². The summed E-state index contributed by atoms with van der Waals surface area (Å²) in [6, 6.07) is 6.31. The fourth-order valence-corrected chi connectivity index (χ4v) is 1.54. The third-order valence-electron chi connectivity index (χ3n) is 2.46. The fourth-order valence-electron chi connectivity index (χ4n) is 1.54. The van der Waals surface area contributed by atoms with Crippen LogP contribution in [0.25, 0.3) is 0 Å². The van der Waals surface area contributed by atoms with Gasteiger partial charge in [-0.15, -0.1) is 0 Å². The van der Waals surface area contributed by atoms with Crippen LogP contribution >= 0.6 is 0 Å². The Morgan fingerprint density at radius 2 is 2.14 bits per heavy atom. The van der Waals surface area contributed by atoms with Crippen molar-refractivity contribution in [2.45, 2.75) is 32.7 Å². The second-order valence-corrected chi connectivity index (χ2v) is 3.62. The maximum Gasteiger partial charge on any atom is 0.122 e. The lowest BCUT2D eigenvalue weighted by Gasteiger charge is -2.13. The molecular weight excluding hydrogens is 174 g/mol. The van der Waals surface area contributed by atoms with Crippen LogP contribution in [0.5, 0.6) is 5.75 Å². The van der Waals surface area contributed by atoms with Crippen LogP contribution in [0.3, 0.4) is 0 Å². The summed E-state index contributed by atoms with van der Waals surface area (Å²) < 4.78 is 5.26. The van der Waals surface area contributed by atoms with E-state index >= 15 is 0 Å². The van der Waals surface area contributed by atoms with Gasteiger partial charge in [0.25, 0.3) is 0 Å². The van der Waals surface area contributed by atoms with Gasteiger partial charge in [0.15, 0.2) is 0 Å². The van der Waals surface area contributed by atoms with Gasteiger partial charge in [0.05, 0.1) is 7.11 Å². The first-order valence-electron chi connectivity index (χ1n) is 5.09. The predicted octanol–water partition coefficient (Wildman–Crippen LogP) is 2.80. The Labute approximate surface area is 86.1 Å². The monoisotopic (exact) mass is 193 g/mol. The molecule has 1 atom stereocenters. The van der Waals surface area contributed by atoms with E-state index in [1.54, 1.807) is 7.11 Å². The minimum absolute atomic E-state index is 0.134. The maximum absolute atomic E-state index is 6.02. The summed E-state index contributed by atoms with van der Waals surface area (Å²) >= 11 is 0. The maximum atomic E-state index is 6.02. The van der Waals surface area contributed by atoms with Crippen LogP contribution in [-0.2, 0) is 0 Å². The van der Waals surface area contributed by atoms with Crippen LogP contribution in [0, 0.1) is 6.92 Å². The Morgan fingerprint density at radius 3 is 2.71 bits per heavy atom. The zero-order chi connectivity index (χ0) is 10.6. The van der Waals surface area contributed by atoms with Gasteiger partial charge in [0, 0.05) is 6.04 Å². The molecule has 1 rings (SSSR count). The van der Waals surface area contributed by atoms with Crippen LogP contribution in [0.15, 0.2) is 18.2 Å². The molecular formula is C12H19NO. The number of ether oxygens (including phenoxy) is 1. The molecule has 1 aromatic rings. The summed E-state index contributed by atoms with van der Waals surface area (Å²) in [5, 5.41) is 0. The van der Waals surface area contributed by atoms with Crippen LogP contribution in [-0.4, -0.2) is 7.11 Å². The number of hydrogen-bond donors (Lipinski definition) is 1. The first-order chi connectivity index (χ1) is 6.69. The molecule has 2 N–H and O–H groups in total. The van der Waals surface area contributed by atoms with Gasteiger partial charge in [0.2, 0.25) is 0 Å². The Kier molecular flexibility index (Phi) is 3.96. The Balaban J connectivity index is 2.88. The average molecular weight is 193 g/mol. The Hall–Kier alpha value is -1.02. The van der Waals surface area contributed by atoms with Gasteiger partial charge >= 0.3 is 0 Å². The molecule has 0 amide bonds. The Morgan fingerprint density at radius 1 is 1.43 bits per heavy atom. The van der Waals surface area contributed by atoms with E-state index in [1.807, 2.05) is 13.0 Å². The lowest BCUT2D eigenvalue weighted by atomic mass is 10.0. The highest BCUT2D eigenvalue weighted by atomic mass is 16.5. The van der Waals surface area contributed by atoms with E-state index in [9.17, 15) is 0 Å². The van der Waals surface area contributed by atoms with E-state index in [1.165, 1.54) is 0 Å². The molecule has 0 fully saturated rings. The van der Waals surface area contributed by atoms with Gasteiger partial charge in [-0.05, 0) is 30.5 Å². The van der Waals surface area contributed by atoms with Crippen molar-refractivity contribution < 1.29 is 4.74 Å². The molecule has 0 bridgehead atoms. The van der Waals surface area contributed by atoms with Gasteiger partial charge in [-0.25, -0.2) is 0 Å². The molecule has 0 saturated heterocycles. The number of nitrogens with two attached hydrogens (primary N) is 1. The van der Waals surface area contributed by atoms with Gasteiger partial charge < -0.3 is 10.5 Å². The van der Waals surface area contributed by atoms with Crippen molar-refractivity contribution in [3.8, 4) is 5.75 Å². The van der Waals surface area contributed by atoms with Crippen molar-refractivity contribution >= 4 is 0 Å². The summed E-state index contributed by atoms with van der Waals surface area (Å²) in [4.78, 5) is 0. The van der Waals surface area contributed by atoms with E-state index in [0.29, 0.717) is 0 Å².